The highest BCUT2D eigenvalue weighted by Crippen LogP contribution is 2.49. The van der Waals surface area contributed by atoms with E-state index in [4.69, 9.17) is 4.98 Å². The molecule has 0 atom stereocenters. The lowest BCUT2D eigenvalue weighted by Crippen LogP contribution is -2.61. The highest BCUT2D eigenvalue weighted by Gasteiger charge is 2.44. The number of anilines is 6. The largest absolute Gasteiger partial charge is 0.311 e. The number of aromatic nitrogens is 1. The Morgan fingerprint density at radius 1 is 0.242 bits per heavy atom. The van der Waals surface area contributed by atoms with Gasteiger partial charge in [-0.3, -0.25) is 0 Å². The van der Waals surface area contributed by atoms with Crippen molar-refractivity contribution in [3.05, 3.63) is 289 Å². The van der Waals surface area contributed by atoms with Crippen LogP contribution in [0.1, 0.15) is 105 Å². The first kappa shape index (κ1) is 58.9. The van der Waals surface area contributed by atoms with Crippen molar-refractivity contribution in [3.63, 3.8) is 0 Å². The van der Waals surface area contributed by atoms with Gasteiger partial charge < -0.3 is 9.80 Å². The van der Waals surface area contributed by atoms with Crippen LogP contribution in [0.15, 0.2) is 267 Å². The zero-order valence-corrected chi connectivity index (χ0v) is 54.8. The lowest BCUT2D eigenvalue weighted by molar-refractivity contribution is 0.568. The average Bonchev–Trinajstić information content (AvgIpc) is 0.715. The second kappa shape index (κ2) is 22.6. The van der Waals surface area contributed by atoms with Crippen molar-refractivity contribution in [2.75, 3.05) is 9.80 Å². The Morgan fingerprint density at radius 3 is 0.846 bits per heavy atom. The van der Waals surface area contributed by atoms with Crippen LogP contribution in [0.4, 0.5) is 34.1 Å². The zero-order chi connectivity index (χ0) is 63.1. The Kier molecular flexibility index (Phi) is 14.6. The van der Waals surface area contributed by atoms with E-state index in [1.165, 1.54) is 44.2 Å². The summed E-state index contributed by atoms with van der Waals surface area (Å²) in [5.41, 5.74) is 30.9. The molecule has 3 heterocycles. The molecule has 0 fully saturated rings. The fourth-order valence-electron chi connectivity index (χ4n) is 13.6. The van der Waals surface area contributed by atoms with Gasteiger partial charge >= 0.3 is 0 Å². The smallest absolute Gasteiger partial charge is 0.252 e. The molecule has 11 aromatic carbocycles. The maximum Gasteiger partial charge on any atom is 0.252 e. The SMILES string of the molecule is CC(C)(C)c1cc(-c2cc(-c3cc(C(C)(C)C)cc(C(C)(C)C)c3)nc(-c3cc4c5c(c3)N(c3cc(-c6ccccc6)cc(-c6ccccc6)c3)c3ccccc3B5c3ccccc3N4c3cc(-c4ccccc4)cc(-c4ccccc4)c3)c2)cc(C(C)(C)C)c1. The van der Waals surface area contributed by atoms with E-state index in [2.05, 4.69) is 360 Å². The van der Waals surface area contributed by atoms with Gasteiger partial charge in [0.05, 0.1) is 11.4 Å². The van der Waals surface area contributed by atoms with E-state index in [0.29, 0.717) is 0 Å². The van der Waals surface area contributed by atoms with Gasteiger partial charge in [-0.2, -0.15) is 0 Å². The minimum atomic E-state index is -0.104. The van der Waals surface area contributed by atoms with E-state index in [0.717, 1.165) is 107 Å². The van der Waals surface area contributed by atoms with Crippen LogP contribution in [-0.4, -0.2) is 11.7 Å². The number of rotatable bonds is 9. The molecular weight excluding hydrogens is 1100 g/mol. The molecule has 446 valence electrons. The second-order valence-electron chi connectivity index (χ2n) is 29.4. The van der Waals surface area contributed by atoms with Gasteiger partial charge in [0, 0.05) is 45.3 Å². The Morgan fingerprint density at radius 2 is 0.516 bits per heavy atom. The number of para-hydroxylation sites is 2. The highest BCUT2D eigenvalue weighted by atomic mass is 15.2. The molecule has 0 spiro atoms. The number of benzene rings is 11. The van der Waals surface area contributed by atoms with E-state index in [-0.39, 0.29) is 28.4 Å². The molecule has 2 aliphatic rings. The van der Waals surface area contributed by atoms with E-state index in [1.807, 2.05) is 0 Å². The fraction of sp³-hybridized carbons (Fsp3) is 0.184. The number of pyridine rings is 1. The first-order valence-corrected chi connectivity index (χ1v) is 32.4. The van der Waals surface area contributed by atoms with Crippen LogP contribution < -0.4 is 26.2 Å². The lowest BCUT2D eigenvalue weighted by Gasteiger charge is -2.44. The molecule has 0 bridgehead atoms. The summed E-state index contributed by atoms with van der Waals surface area (Å²) < 4.78 is 0. The molecule has 0 saturated heterocycles. The molecule has 91 heavy (non-hydrogen) atoms. The maximum atomic E-state index is 6.01. The first-order chi connectivity index (χ1) is 43.6. The Hall–Kier alpha value is -9.77. The normalized spacial score (nSPS) is 13.0. The predicted octanol–water partition coefficient (Wildman–Crippen LogP) is 22.0. The van der Waals surface area contributed by atoms with Crippen LogP contribution in [0.3, 0.4) is 0 Å². The van der Waals surface area contributed by atoms with Crippen molar-refractivity contribution in [1.29, 1.82) is 0 Å². The van der Waals surface area contributed by atoms with Crippen LogP contribution in [-0.2, 0) is 21.7 Å². The molecule has 0 amide bonds. The average molecular weight is 1180 g/mol. The minimum Gasteiger partial charge on any atom is -0.311 e. The standard InChI is InChI=1S/C87H80BN3/c1-84(2,3)69-43-65(44-70(55-69)85(4,5)6)66-51-77(67-45-71(86(7,8)9)56-72(46-67)87(10,11)12)89-78(52-66)68-53-81-83-82(54-68)91(74-49-63(59-33-21-15-22-34-59)42-64(50-74)60-35-23-16-24-36-60)80-40-28-26-38-76(80)88(83)75-37-25-27-39-79(75)90(81)73-47-61(57-29-17-13-18-30-57)41-62(48-73)58-31-19-14-20-32-58/h13-56H,1-12H3. The summed E-state index contributed by atoms with van der Waals surface area (Å²) >= 11 is 0. The Bertz CT molecular complexity index is 4260. The third-order valence-electron chi connectivity index (χ3n) is 18.7. The molecular formula is C87H80BN3. The van der Waals surface area contributed by atoms with E-state index < -0.39 is 0 Å². The summed E-state index contributed by atoms with van der Waals surface area (Å²) in [6.07, 6.45) is 0. The van der Waals surface area contributed by atoms with Crippen LogP contribution in [0.2, 0.25) is 0 Å². The summed E-state index contributed by atoms with van der Waals surface area (Å²) in [5.74, 6) is 0. The molecule has 0 aliphatic carbocycles. The van der Waals surface area contributed by atoms with Crippen LogP contribution in [0, 0.1) is 0 Å². The van der Waals surface area contributed by atoms with Gasteiger partial charge in [0.25, 0.3) is 6.71 Å². The number of fused-ring (bicyclic) bond motifs is 4. The number of nitrogens with zero attached hydrogens (tertiary/aromatic N) is 3. The topological polar surface area (TPSA) is 19.4 Å². The third-order valence-corrected chi connectivity index (χ3v) is 18.7. The summed E-state index contributed by atoms with van der Waals surface area (Å²) in [7, 11) is 0. The quantitative estimate of drug-likeness (QED) is 0.134. The molecule has 0 saturated carbocycles. The molecule has 3 nitrogen and oxygen atoms in total. The van der Waals surface area contributed by atoms with Gasteiger partial charge in [0.1, 0.15) is 0 Å². The van der Waals surface area contributed by atoms with E-state index >= 15 is 0 Å². The second-order valence-corrected chi connectivity index (χ2v) is 29.4. The number of hydrogen-bond donors (Lipinski definition) is 0. The van der Waals surface area contributed by atoms with Crippen molar-refractivity contribution in [3.8, 4) is 78.1 Å². The zero-order valence-electron chi connectivity index (χ0n) is 54.8. The van der Waals surface area contributed by atoms with Crippen LogP contribution in [0.5, 0.6) is 0 Å². The lowest BCUT2D eigenvalue weighted by atomic mass is 9.33. The molecule has 0 unspecified atom stereocenters. The summed E-state index contributed by atoms with van der Waals surface area (Å²) in [6.45, 7) is 27.9. The van der Waals surface area contributed by atoms with Gasteiger partial charge in [-0.15, -0.1) is 0 Å². The first-order valence-electron chi connectivity index (χ1n) is 32.4. The van der Waals surface area contributed by atoms with Crippen molar-refractivity contribution in [2.24, 2.45) is 0 Å². The maximum absolute atomic E-state index is 6.01. The molecule has 0 radical (unpaired) electrons. The van der Waals surface area contributed by atoms with Gasteiger partial charge in [-0.1, -0.05) is 265 Å². The fourth-order valence-corrected chi connectivity index (χ4v) is 13.6. The van der Waals surface area contributed by atoms with Gasteiger partial charge in [-0.05, 0) is 201 Å². The minimum absolute atomic E-state index is 0.0923. The molecule has 12 aromatic rings. The molecule has 2 aliphatic heterocycles. The van der Waals surface area contributed by atoms with Crippen molar-refractivity contribution in [1.82, 2.24) is 4.98 Å². The molecule has 0 N–H and O–H groups in total. The summed E-state index contributed by atoms with van der Waals surface area (Å²) in [5, 5.41) is 0. The van der Waals surface area contributed by atoms with Crippen LogP contribution >= 0.6 is 0 Å². The monoisotopic (exact) mass is 1180 g/mol. The van der Waals surface area contributed by atoms with Crippen molar-refractivity contribution < 1.29 is 0 Å². The Labute approximate surface area is 540 Å². The van der Waals surface area contributed by atoms with Gasteiger partial charge in [-0.25, -0.2) is 4.98 Å². The number of hydrogen-bond acceptors (Lipinski definition) is 3. The van der Waals surface area contributed by atoms with Crippen LogP contribution in [0.25, 0.3) is 78.1 Å². The van der Waals surface area contributed by atoms with E-state index in [1.54, 1.807) is 0 Å². The molecule has 14 rings (SSSR count). The summed E-state index contributed by atoms with van der Waals surface area (Å²) in [6, 6.07) is 100. The van der Waals surface area contributed by atoms with Gasteiger partial charge in [0.15, 0.2) is 0 Å². The van der Waals surface area contributed by atoms with Crippen molar-refractivity contribution >= 4 is 57.2 Å². The predicted molar refractivity (Wildman–Crippen MR) is 391 cm³/mol. The molecule has 1 aromatic heterocycles. The highest BCUT2D eigenvalue weighted by molar-refractivity contribution is 7.00. The van der Waals surface area contributed by atoms with Crippen molar-refractivity contribution in [2.45, 2.75) is 105 Å². The molecule has 4 heteroatoms. The summed E-state index contributed by atoms with van der Waals surface area (Å²) in [4.78, 5) is 11.2. The Balaban J connectivity index is 1.12. The third kappa shape index (κ3) is 11.3. The van der Waals surface area contributed by atoms with E-state index in [9.17, 15) is 0 Å². The van der Waals surface area contributed by atoms with Gasteiger partial charge in [0.2, 0.25) is 0 Å².